The van der Waals surface area contributed by atoms with E-state index in [1.54, 1.807) is 19.1 Å². The molecule has 24 heavy (non-hydrogen) atoms. The first kappa shape index (κ1) is 16.1. The number of para-hydroxylation sites is 1. The summed E-state index contributed by atoms with van der Waals surface area (Å²) in [5, 5.41) is 10.4. The van der Waals surface area contributed by atoms with Crippen molar-refractivity contribution in [2.75, 3.05) is 5.32 Å². The molecule has 1 amide bonds. The SMILES string of the molecule is CC1=NC(=S)C(=C=N)[C@@H](c2ccco2)C1C(=O)Nc1ccccc1. The second kappa shape index (κ2) is 6.74. The van der Waals surface area contributed by atoms with Gasteiger partial charge >= 0.3 is 0 Å². The van der Waals surface area contributed by atoms with E-state index in [1.807, 2.05) is 30.3 Å². The molecule has 1 unspecified atom stereocenters. The number of benzene rings is 1. The molecular formula is C18H15N3O2S. The van der Waals surface area contributed by atoms with Gasteiger partial charge in [0.25, 0.3) is 0 Å². The third kappa shape index (κ3) is 2.97. The lowest BCUT2D eigenvalue weighted by molar-refractivity contribution is -0.118. The molecule has 1 aliphatic rings. The molecule has 120 valence electrons. The Morgan fingerprint density at radius 1 is 1.29 bits per heavy atom. The van der Waals surface area contributed by atoms with Crippen LogP contribution in [0.5, 0.6) is 0 Å². The molecule has 0 radical (unpaired) electrons. The van der Waals surface area contributed by atoms with Crippen molar-refractivity contribution in [3.8, 4) is 0 Å². The monoisotopic (exact) mass is 337 g/mol. The van der Waals surface area contributed by atoms with Crippen LogP contribution in [-0.2, 0) is 4.79 Å². The van der Waals surface area contributed by atoms with Gasteiger partial charge in [-0.3, -0.25) is 10.2 Å². The predicted molar refractivity (Wildman–Crippen MR) is 97.0 cm³/mol. The molecule has 2 N–H and O–H groups in total. The summed E-state index contributed by atoms with van der Waals surface area (Å²) >= 11 is 5.24. The molecular weight excluding hydrogens is 322 g/mol. The van der Waals surface area contributed by atoms with E-state index in [0.717, 1.165) is 0 Å². The lowest BCUT2D eigenvalue weighted by Gasteiger charge is -2.29. The summed E-state index contributed by atoms with van der Waals surface area (Å²) in [5.41, 5.74) is 1.68. The van der Waals surface area contributed by atoms with Crippen LogP contribution >= 0.6 is 12.2 Å². The molecule has 0 aliphatic carbocycles. The lowest BCUT2D eigenvalue weighted by atomic mass is 9.78. The van der Waals surface area contributed by atoms with Crippen molar-refractivity contribution >= 4 is 40.4 Å². The van der Waals surface area contributed by atoms with Crippen LogP contribution in [0, 0.1) is 11.3 Å². The molecule has 0 bridgehead atoms. The van der Waals surface area contributed by atoms with Crippen LogP contribution in [0.4, 0.5) is 5.69 Å². The normalized spacial score (nSPS) is 20.3. The Morgan fingerprint density at radius 3 is 2.67 bits per heavy atom. The van der Waals surface area contributed by atoms with E-state index in [2.05, 4.69) is 16.2 Å². The summed E-state index contributed by atoms with van der Waals surface area (Å²) in [6, 6.07) is 12.7. The largest absolute Gasteiger partial charge is 0.469 e. The van der Waals surface area contributed by atoms with Crippen molar-refractivity contribution in [3.63, 3.8) is 0 Å². The fourth-order valence-corrected chi connectivity index (χ4v) is 3.14. The van der Waals surface area contributed by atoms with Crippen molar-refractivity contribution < 1.29 is 9.21 Å². The minimum absolute atomic E-state index is 0.223. The highest BCUT2D eigenvalue weighted by molar-refractivity contribution is 7.80. The third-order valence-electron chi connectivity index (χ3n) is 3.91. The molecule has 3 rings (SSSR count). The van der Waals surface area contributed by atoms with Crippen LogP contribution in [0.3, 0.4) is 0 Å². The lowest BCUT2D eigenvalue weighted by Crippen LogP contribution is -2.38. The van der Waals surface area contributed by atoms with Crippen molar-refractivity contribution in [2.24, 2.45) is 10.9 Å². The Balaban J connectivity index is 2.02. The number of hydrogen-bond acceptors (Lipinski definition) is 4. The number of rotatable bonds is 3. The van der Waals surface area contributed by atoms with E-state index >= 15 is 0 Å². The standard InChI is InChI=1S/C18H15N3O2S/c1-11-15(17(22)21-12-6-3-2-4-7-12)16(14-8-5-9-23-14)13(10-19)18(24)20-11/h2-9,15-16,19H,1H3,(H,21,22)/t15?,16-/m0/s1. The molecule has 2 heterocycles. The molecule has 0 saturated heterocycles. The number of nitrogens with zero attached hydrogens (tertiary/aromatic N) is 1. The molecule has 0 spiro atoms. The van der Waals surface area contributed by atoms with Crippen molar-refractivity contribution in [1.29, 1.82) is 5.41 Å². The summed E-state index contributed by atoms with van der Waals surface area (Å²) in [6.07, 6.45) is 1.53. The van der Waals surface area contributed by atoms with Gasteiger partial charge in [-0.2, -0.15) is 0 Å². The van der Waals surface area contributed by atoms with E-state index in [0.29, 0.717) is 22.7 Å². The second-order valence-electron chi connectivity index (χ2n) is 5.42. The molecule has 1 aliphatic heterocycles. The summed E-state index contributed by atoms with van der Waals surface area (Å²) in [5.74, 6) is 1.56. The molecule has 1 aromatic carbocycles. The molecule has 0 saturated carbocycles. The van der Waals surface area contributed by atoms with Gasteiger partial charge in [-0.15, -0.1) is 0 Å². The van der Waals surface area contributed by atoms with E-state index in [-0.39, 0.29) is 10.9 Å². The maximum atomic E-state index is 12.9. The number of nitrogens with one attached hydrogen (secondary N) is 2. The van der Waals surface area contributed by atoms with Gasteiger partial charge in [0.2, 0.25) is 5.91 Å². The number of amides is 1. The van der Waals surface area contributed by atoms with Crippen molar-refractivity contribution in [3.05, 3.63) is 60.1 Å². The van der Waals surface area contributed by atoms with E-state index in [9.17, 15) is 4.79 Å². The van der Waals surface area contributed by atoms with E-state index < -0.39 is 11.8 Å². The Morgan fingerprint density at radius 2 is 2.04 bits per heavy atom. The maximum absolute atomic E-state index is 12.9. The molecule has 2 atom stereocenters. The summed E-state index contributed by atoms with van der Waals surface area (Å²) in [4.78, 5) is 17.4. The predicted octanol–water partition coefficient (Wildman–Crippen LogP) is 3.59. The number of furan rings is 1. The third-order valence-corrected chi connectivity index (χ3v) is 4.22. The highest BCUT2D eigenvalue weighted by atomic mass is 32.1. The molecule has 0 fully saturated rings. The fraction of sp³-hybridized carbons (Fsp3) is 0.167. The number of carbonyl (C=O) groups excluding carboxylic acids is 1. The zero-order valence-corrected chi connectivity index (χ0v) is 13.8. The number of anilines is 1. The van der Waals surface area contributed by atoms with Crippen LogP contribution in [0.15, 0.2) is 63.7 Å². The van der Waals surface area contributed by atoms with Gasteiger partial charge in [-0.05, 0) is 37.1 Å². The first-order valence-electron chi connectivity index (χ1n) is 7.40. The average molecular weight is 337 g/mol. The minimum atomic E-state index is -0.615. The number of aliphatic imine (C=N–C) groups is 1. The van der Waals surface area contributed by atoms with Gasteiger partial charge in [0, 0.05) is 11.4 Å². The first-order chi connectivity index (χ1) is 11.6. The summed E-state index contributed by atoms with van der Waals surface area (Å²) in [6.45, 7) is 1.76. The quantitative estimate of drug-likeness (QED) is 0.510. The topological polar surface area (TPSA) is 78.5 Å². The molecule has 5 nitrogen and oxygen atoms in total. The van der Waals surface area contributed by atoms with Gasteiger partial charge in [0.1, 0.15) is 10.7 Å². The molecule has 6 heteroatoms. The Bertz CT molecular complexity index is 850. The first-order valence-corrected chi connectivity index (χ1v) is 7.81. The maximum Gasteiger partial charge on any atom is 0.234 e. The highest BCUT2D eigenvalue weighted by Gasteiger charge is 2.41. The molecule has 1 aromatic heterocycles. The van der Waals surface area contributed by atoms with E-state index in [1.165, 1.54) is 6.26 Å². The Labute approximate surface area is 144 Å². The zero-order chi connectivity index (χ0) is 17.1. The number of thiocarbonyl (C=S) groups is 1. The minimum Gasteiger partial charge on any atom is -0.469 e. The second-order valence-corrected chi connectivity index (χ2v) is 5.81. The van der Waals surface area contributed by atoms with E-state index in [4.69, 9.17) is 22.0 Å². The van der Waals surface area contributed by atoms with Crippen molar-refractivity contribution in [1.82, 2.24) is 0 Å². The van der Waals surface area contributed by atoms with Gasteiger partial charge < -0.3 is 9.73 Å². The number of hydrogen-bond donors (Lipinski definition) is 2. The fourth-order valence-electron chi connectivity index (χ4n) is 2.82. The van der Waals surface area contributed by atoms with Gasteiger partial charge in [0.05, 0.1) is 23.7 Å². The average Bonchev–Trinajstić information content (AvgIpc) is 3.09. The van der Waals surface area contributed by atoms with Gasteiger partial charge in [-0.25, -0.2) is 4.99 Å². The summed E-state index contributed by atoms with van der Waals surface area (Å²) < 4.78 is 5.49. The summed E-state index contributed by atoms with van der Waals surface area (Å²) in [7, 11) is 0. The number of carbonyl (C=O) groups is 1. The Hall–Kier alpha value is -2.82. The van der Waals surface area contributed by atoms with Crippen LogP contribution in [0.1, 0.15) is 18.6 Å². The highest BCUT2D eigenvalue weighted by Crippen LogP contribution is 2.37. The Kier molecular flexibility index (Phi) is 4.51. The van der Waals surface area contributed by atoms with Crippen LogP contribution in [-0.4, -0.2) is 22.5 Å². The molecule has 2 aromatic rings. The van der Waals surface area contributed by atoms with Gasteiger partial charge in [-0.1, -0.05) is 30.4 Å². The van der Waals surface area contributed by atoms with Crippen molar-refractivity contribution in [2.45, 2.75) is 12.8 Å². The van der Waals surface area contributed by atoms with Gasteiger partial charge in [0.15, 0.2) is 0 Å². The smallest absolute Gasteiger partial charge is 0.234 e. The van der Waals surface area contributed by atoms with Crippen LogP contribution < -0.4 is 5.32 Å². The van der Waals surface area contributed by atoms with Crippen LogP contribution in [0.25, 0.3) is 0 Å². The van der Waals surface area contributed by atoms with Crippen LogP contribution in [0.2, 0.25) is 0 Å². The zero-order valence-electron chi connectivity index (χ0n) is 12.9.